The number of aromatic amines is 2. The molecule has 6 rings (SSSR count). The van der Waals surface area contributed by atoms with Crippen molar-refractivity contribution < 1.29 is 33.8 Å². The fourth-order valence-electron chi connectivity index (χ4n) is 6.98. The highest BCUT2D eigenvalue weighted by Gasteiger charge is 2.36. The topological polar surface area (TPSA) is 195 Å². The number of aliphatic hydroxyl groups excluding tert-OH is 1. The van der Waals surface area contributed by atoms with Crippen LogP contribution in [0.25, 0.3) is 33.6 Å². The first-order valence-corrected chi connectivity index (χ1v) is 17.4. The van der Waals surface area contributed by atoms with Crippen LogP contribution < -0.4 is 10.6 Å². The number of alkyl carbamates (subject to hydrolysis) is 2. The first-order chi connectivity index (χ1) is 25.1. The zero-order valence-corrected chi connectivity index (χ0v) is 29.6. The third kappa shape index (κ3) is 7.49. The molecule has 0 radical (unpaired) electrons. The predicted octanol–water partition coefficient (Wildman–Crippen LogP) is 4.44. The second-order valence-corrected chi connectivity index (χ2v) is 13.0. The zero-order valence-electron chi connectivity index (χ0n) is 29.6. The predicted molar refractivity (Wildman–Crippen MR) is 190 cm³/mol. The van der Waals surface area contributed by atoms with Crippen LogP contribution in [0.5, 0.6) is 0 Å². The third-order valence-corrected chi connectivity index (χ3v) is 9.72. The molecule has 2 fully saturated rings. The minimum absolute atomic E-state index is 0.185. The van der Waals surface area contributed by atoms with E-state index < -0.39 is 24.3 Å². The molecule has 2 aromatic heterocycles. The molecule has 0 bridgehead atoms. The maximum atomic E-state index is 13.2. The Balaban J connectivity index is 1.13. The second kappa shape index (κ2) is 15.7. The van der Waals surface area contributed by atoms with Crippen molar-refractivity contribution in [3.63, 3.8) is 0 Å². The first kappa shape index (κ1) is 36.1. The Morgan fingerprint density at radius 3 is 1.75 bits per heavy atom. The van der Waals surface area contributed by atoms with Gasteiger partial charge in [0.2, 0.25) is 11.8 Å². The molecule has 0 unspecified atom stereocenters. The number of carbonyl (C=O) groups is 4. The van der Waals surface area contributed by atoms with Crippen molar-refractivity contribution in [1.29, 1.82) is 0 Å². The van der Waals surface area contributed by atoms with Crippen molar-refractivity contribution in [2.75, 3.05) is 27.3 Å². The van der Waals surface area contributed by atoms with Crippen molar-refractivity contribution in [2.24, 2.45) is 0 Å². The molecule has 4 heterocycles. The minimum atomic E-state index is -0.758. The molecular weight excluding hydrogens is 668 g/mol. The summed E-state index contributed by atoms with van der Waals surface area (Å²) in [5.74, 6) is 0.879. The Hall–Kier alpha value is -5.70. The number of hydrogen-bond acceptors (Lipinski definition) is 9. The van der Waals surface area contributed by atoms with Gasteiger partial charge in [-0.05, 0) is 56.2 Å². The third-order valence-electron chi connectivity index (χ3n) is 9.72. The average Bonchev–Trinajstić information content (AvgIpc) is 4.00. The van der Waals surface area contributed by atoms with Crippen molar-refractivity contribution in [2.45, 2.75) is 70.3 Å². The first-order valence-electron chi connectivity index (χ1n) is 17.4. The van der Waals surface area contributed by atoms with Crippen LogP contribution in [0, 0.1) is 0 Å². The number of benzene rings is 2. The van der Waals surface area contributed by atoms with Crippen molar-refractivity contribution in [3.8, 4) is 33.6 Å². The monoisotopic (exact) mass is 712 g/mol. The Bertz CT molecular complexity index is 1910. The lowest BCUT2D eigenvalue weighted by atomic mass is 10.0. The van der Waals surface area contributed by atoms with E-state index >= 15 is 0 Å². The number of rotatable bonds is 10. The molecule has 4 amide bonds. The summed E-state index contributed by atoms with van der Waals surface area (Å²) in [6, 6.07) is 14.0. The minimum Gasteiger partial charge on any atom is -0.453 e. The number of aliphatic hydroxyl groups is 1. The molecule has 15 nitrogen and oxygen atoms in total. The number of aromatic nitrogens is 4. The molecule has 0 saturated carbocycles. The standard InChI is InChI=1S/C37H44N8O7/c1-21(39-36(49)51-3)34(47)44-17-5-7-29(44)32-38-19-27(41-32)25-13-9-23(10-14-25)24-11-15-26(16-12-24)31-28(20-46)42-33(43-31)30-8-6-18-45(30)35(48)22(2)40-37(50)52-4/h9-16,19,21-22,29-30,46H,5-8,17-18,20H2,1-4H3,(H,38,41)(H,39,49)(H,40,50)(H,42,43)/t21-,22-,29-,30-/m0/s1. The molecule has 2 saturated heterocycles. The van der Waals surface area contributed by atoms with Crippen molar-refractivity contribution in [1.82, 2.24) is 40.4 Å². The quantitative estimate of drug-likeness (QED) is 0.158. The lowest BCUT2D eigenvalue weighted by molar-refractivity contribution is -0.134. The van der Waals surface area contributed by atoms with Gasteiger partial charge in [0.1, 0.15) is 23.7 Å². The Morgan fingerprint density at radius 1 is 0.769 bits per heavy atom. The zero-order chi connectivity index (χ0) is 36.9. The smallest absolute Gasteiger partial charge is 0.407 e. The van der Waals surface area contributed by atoms with Crippen LogP contribution in [-0.4, -0.2) is 98.2 Å². The summed E-state index contributed by atoms with van der Waals surface area (Å²) >= 11 is 0. The average molecular weight is 713 g/mol. The fourth-order valence-corrected chi connectivity index (χ4v) is 6.98. The van der Waals surface area contributed by atoms with E-state index in [1.54, 1.807) is 29.8 Å². The van der Waals surface area contributed by atoms with Gasteiger partial charge in [-0.1, -0.05) is 48.5 Å². The SMILES string of the molecule is COC(=O)N[C@@H](C)C(=O)N1CCC[C@H]1c1ncc(-c2ccc(-c3ccc(-c4nc([C@@H]5CCCN5C(=O)[C@H](C)NC(=O)OC)[nH]c4CO)cc3)cc2)[nH]1. The van der Waals surface area contributed by atoms with E-state index in [1.165, 1.54) is 14.2 Å². The molecule has 274 valence electrons. The van der Waals surface area contributed by atoms with Crippen LogP contribution in [-0.2, 0) is 25.7 Å². The highest BCUT2D eigenvalue weighted by Crippen LogP contribution is 2.35. The molecule has 2 aliphatic rings. The molecular formula is C37H44N8O7. The van der Waals surface area contributed by atoms with Crippen LogP contribution in [0.1, 0.15) is 69.0 Å². The summed E-state index contributed by atoms with van der Waals surface area (Å²) < 4.78 is 9.27. The molecule has 2 aromatic carbocycles. The summed E-state index contributed by atoms with van der Waals surface area (Å²) in [5.41, 5.74) is 5.78. The molecule has 0 aliphatic carbocycles. The number of imidazole rings is 2. The maximum absolute atomic E-state index is 13.2. The van der Waals surface area contributed by atoms with E-state index in [1.807, 2.05) is 48.5 Å². The number of methoxy groups -OCH3 is 2. The molecule has 2 aliphatic heterocycles. The van der Waals surface area contributed by atoms with E-state index in [9.17, 15) is 24.3 Å². The van der Waals surface area contributed by atoms with Gasteiger partial charge in [-0.2, -0.15) is 0 Å². The number of likely N-dealkylation sites (tertiary alicyclic amines) is 2. The summed E-state index contributed by atoms with van der Waals surface area (Å²) in [5, 5.41) is 15.3. The highest BCUT2D eigenvalue weighted by molar-refractivity contribution is 5.86. The normalized spacial score (nSPS) is 18.2. The van der Waals surface area contributed by atoms with Crippen LogP contribution in [0.15, 0.2) is 54.7 Å². The van der Waals surface area contributed by atoms with Crippen molar-refractivity contribution in [3.05, 3.63) is 72.1 Å². The van der Waals surface area contributed by atoms with Crippen LogP contribution in [0.2, 0.25) is 0 Å². The summed E-state index contributed by atoms with van der Waals surface area (Å²) in [7, 11) is 2.51. The molecule has 4 atom stereocenters. The number of H-pyrrole nitrogens is 2. The van der Waals surface area contributed by atoms with Gasteiger partial charge in [-0.15, -0.1) is 0 Å². The van der Waals surface area contributed by atoms with E-state index in [2.05, 4.69) is 35.1 Å². The van der Waals surface area contributed by atoms with Gasteiger partial charge in [0.05, 0.1) is 56.2 Å². The largest absolute Gasteiger partial charge is 0.453 e. The Labute approximate surface area is 301 Å². The Kier molecular flexibility index (Phi) is 10.9. The van der Waals surface area contributed by atoms with Gasteiger partial charge in [0.15, 0.2) is 0 Å². The molecule has 15 heteroatoms. The summed E-state index contributed by atoms with van der Waals surface area (Å²) in [6.45, 7) is 4.13. The number of hydrogen-bond donors (Lipinski definition) is 5. The molecule has 5 N–H and O–H groups in total. The number of carbonyl (C=O) groups excluding carboxylic acids is 4. The number of nitrogens with zero attached hydrogens (tertiary/aromatic N) is 4. The van der Waals surface area contributed by atoms with Gasteiger partial charge in [0, 0.05) is 18.7 Å². The lowest BCUT2D eigenvalue weighted by Gasteiger charge is -2.26. The van der Waals surface area contributed by atoms with E-state index in [4.69, 9.17) is 4.98 Å². The van der Waals surface area contributed by atoms with Gasteiger partial charge in [-0.3, -0.25) is 9.59 Å². The van der Waals surface area contributed by atoms with Gasteiger partial charge in [-0.25, -0.2) is 19.6 Å². The highest BCUT2D eigenvalue weighted by atomic mass is 16.5. The van der Waals surface area contributed by atoms with E-state index in [0.717, 1.165) is 47.2 Å². The summed E-state index contributed by atoms with van der Waals surface area (Å²) in [6.07, 6.45) is 3.56. The summed E-state index contributed by atoms with van der Waals surface area (Å²) in [4.78, 5) is 69.1. The fraction of sp³-hybridized carbons (Fsp3) is 0.405. The second-order valence-electron chi connectivity index (χ2n) is 13.0. The van der Waals surface area contributed by atoms with Gasteiger partial charge >= 0.3 is 12.2 Å². The molecule has 52 heavy (non-hydrogen) atoms. The van der Waals surface area contributed by atoms with E-state index in [0.29, 0.717) is 42.5 Å². The van der Waals surface area contributed by atoms with E-state index in [-0.39, 0.29) is 30.5 Å². The van der Waals surface area contributed by atoms with Crippen LogP contribution >= 0.6 is 0 Å². The lowest BCUT2D eigenvalue weighted by Crippen LogP contribution is -2.46. The van der Waals surface area contributed by atoms with Crippen LogP contribution in [0.4, 0.5) is 9.59 Å². The molecule has 4 aromatic rings. The maximum Gasteiger partial charge on any atom is 0.407 e. The Morgan fingerprint density at radius 2 is 1.25 bits per heavy atom. The number of nitrogens with one attached hydrogen (secondary N) is 4. The number of ether oxygens (including phenoxy) is 2. The van der Waals surface area contributed by atoms with Crippen LogP contribution in [0.3, 0.4) is 0 Å². The number of amides is 4. The van der Waals surface area contributed by atoms with Crippen molar-refractivity contribution >= 4 is 24.0 Å². The molecule has 0 spiro atoms. The van der Waals surface area contributed by atoms with Gasteiger partial charge in [0.25, 0.3) is 0 Å². The van der Waals surface area contributed by atoms with Gasteiger partial charge < -0.3 is 45.0 Å².